The van der Waals surface area contributed by atoms with E-state index in [4.69, 9.17) is 4.98 Å². The lowest BCUT2D eigenvalue weighted by atomic mass is 9.64. The van der Waals surface area contributed by atoms with Crippen LogP contribution in [0.4, 0.5) is 10.1 Å². The SMILES string of the molecule is C=CC(=O)NC1CCCC1C(c1cccc(F)c1)(C1CCN(CC2CN(c3ccc(S(=O)C(C)C)cc3)C2)CC1)n1ccnc1CC. The number of carbonyl (C=O) groups excluding carboxylic acids is 1. The number of hydrogen-bond donors (Lipinski definition) is 1. The van der Waals surface area contributed by atoms with Crippen molar-refractivity contribution in [3.63, 3.8) is 0 Å². The van der Waals surface area contributed by atoms with E-state index in [1.807, 2.05) is 38.2 Å². The van der Waals surface area contributed by atoms with Gasteiger partial charge in [0.1, 0.15) is 11.6 Å². The average molecular weight is 660 g/mol. The van der Waals surface area contributed by atoms with Crippen molar-refractivity contribution in [3.05, 3.63) is 90.8 Å². The van der Waals surface area contributed by atoms with Crippen LogP contribution in [0.1, 0.15) is 64.3 Å². The van der Waals surface area contributed by atoms with E-state index in [-0.39, 0.29) is 34.9 Å². The predicted molar refractivity (Wildman–Crippen MR) is 187 cm³/mol. The van der Waals surface area contributed by atoms with Crippen molar-refractivity contribution in [1.29, 1.82) is 0 Å². The number of imidazole rings is 1. The predicted octanol–water partition coefficient (Wildman–Crippen LogP) is 6.16. The fourth-order valence-electron chi connectivity index (χ4n) is 8.72. The van der Waals surface area contributed by atoms with Gasteiger partial charge in [-0.2, -0.15) is 0 Å². The lowest BCUT2D eigenvalue weighted by Gasteiger charge is -2.52. The van der Waals surface area contributed by atoms with Crippen LogP contribution in [0.25, 0.3) is 0 Å². The van der Waals surface area contributed by atoms with E-state index in [1.165, 1.54) is 17.8 Å². The summed E-state index contributed by atoms with van der Waals surface area (Å²) in [5, 5.41) is 3.39. The Morgan fingerprint density at radius 2 is 1.87 bits per heavy atom. The number of aryl methyl sites for hydroxylation is 1. The number of halogens is 1. The quantitative estimate of drug-likeness (QED) is 0.236. The van der Waals surface area contributed by atoms with Gasteiger partial charge >= 0.3 is 0 Å². The Balaban J connectivity index is 1.21. The zero-order chi connectivity index (χ0) is 33.1. The molecule has 0 spiro atoms. The molecule has 3 aliphatic rings. The topological polar surface area (TPSA) is 70.5 Å². The van der Waals surface area contributed by atoms with Crippen molar-refractivity contribution in [2.24, 2.45) is 17.8 Å². The molecule has 2 aromatic carbocycles. The van der Waals surface area contributed by atoms with E-state index in [9.17, 15) is 9.00 Å². The Hall–Kier alpha value is -3.30. The Bertz CT molecular complexity index is 1560. The minimum Gasteiger partial charge on any atom is -0.371 e. The first-order chi connectivity index (χ1) is 22.7. The molecule has 4 unspecified atom stereocenters. The minimum absolute atomic E-state index is 0.0331. The fraction of sp³-hybridized carbons (Fsp3) is 0.526. The third-order valence-corrected chi connectivity index (χ3v) is 12.5. The number of nitrogens with one attached hydrogen (secondary N) is 1. The van der Waals surface area contributed by atoms with Crippen LogP contribution in [-0.2, 0) is 27.6 Å². The van der Waals surface area contributed by atoms with Gasteiger partial charge in [0.15, 0.2) is 0 Å². The van der Waals surface area contributed by atoms with Gasteiger partial charge < -0.3 is 19.7 Å². The molecular formula is C38H50FN5O2S. The molecule has 3 fully saturated rings. The summed E-state index contributed by atoms with van der Waals surface area (Å²) in [6.07, 6.45) is 10.9. The van der Waals surface area contributed by atoms with Crippen LogP contribution in [-0.4, -0.2) is 68.6 Å². The highest BCUT2D eigenvalue weighted by Gasteiger charge is 2.54. The average Bonchev–Trinajstić information content (AvgIpc) is 3.74. The second kappa shape index (κ2) is 14.4. The summed E-state index contributed by atoms with van der Waals surface area (Å²) in [7, 11) is -0.965. The zero-order valence-corrected chi connectivity index (χ0v) is 28.9. The van der Waals surface area contributed by atoms with Gasteiger partial charge in [-0.1, -0.05) is 45.9 Å². The Kier molecular flexibility index (Phi) is 10.3. The lowest BCUT2D eigenvalue weighted by molar-refractivity contribution is -0.117. The van der Waals surface area contributed by atoms with Gasteiger partial charge in [-0.3, -0.25) is 9.00 Å². The van der Waals surface area contributed by atoms with E-state index in [1.54, 1.807) is 6.07 Å². The number of anilines is 1. The second-order valence-corrected chi connectivity index (χ2v) is 16.0. The first-order valence-electron chi connectivity index (χ1n) is 17.4. The van der Waals surface area contributed by atoms with Crippen LogP contribution in [0.3, 0.4) is 0 Å². The maximum atomic E-state index is 15.1. The van der Waals surface area contributed by atoms with E-state index in [2.05, 4.69) is 57.6 Å². The summed E-state index contributed by atoms with van der Waals surface area (Å²) in [5.41, 5.74) is 1.64. The smallest absolute Gasteiger partial charge is 0.243 e. The van der Waals surface area contributed by atoms with Gasteiger partial charge in [0.2, 0.25) is 5.91 Å². The number of likely N-dealkylation sites (tertiary alicyclic amines) is 1. The van der Waals surface area contributed by atoms with Crippen molar-refractivity contribution < 1.29 is 13.4 Å². The number of piperidine rings is 1. The van der Waals surface area contributed by atoms with E-state index in [0.717, 1.165) is 87.5 Å². The molecule has 47 heavy (non-hydrogen) atoms. The molecule has 2 saturated heterocycles. The molecule has 252 valence electrons. The monoisotopic (exact) mass is 659 g/mol. The summed E-state index contributed by atoms with van der Waals surface area (Å²) in [6.45, 7) is 14.9. The Morgan fingerprint density at radius 3 is 2.53 bits per heavy atom. The first-order valence-corrected chi connectivity index (χ1v) is 18.6. The van der Waals surface area contributed by atoms with Crippen LogP contribution in [0.15, 0.2) is 78.5 Å². The van der Waals surface area contributed by atoms with Crippen LogP contribution in [0.5, 0.6) is 0 Å². The third-order valence-electron chi connectivity index (χ3n) is 10.9. The van der Waals surface area contributed by atoms with Gasteiger partial charge in [0.05, 0.1) is 16.3 Å². The fourth-order valence-corrected chi connectivity index (χ4v) is 9.67. The number of carbonyl (C=O) groups is 1. The van der Waals surface area contributed by atoms with Crippen LogP contribution >= 0.6 is 0 Å². The van der Waals surface area contributed by atoms with Crippen LogP contribution < -0.4 is 10.2 Å². The summed E-state index contributed by atoms with van der Waals surface area (Å²) in [4.78, 5) is 23.3. The maximum Gasteiger partial charge on any atom is 0.243 e. The summed E-state index contributed by atoms with van der Waals surface area (Å²) in [5.74, 6) is 1.56. The van der Waals surface area contributed by atoms with Crippen LogP contribution in [0.2, 0.25) is 0 Å². The van der Waals surface area contributed by atoms with Crippen molar-refractivity contribution in [2.45, 2.75) is 81.0 Å². The normalized spacial score (nSPS) is 23.0. The van der Waals surface area contributed by atoms with E-state index in [0.29, 0.717) is 5.92 Å². The van der Waals surface area contributed by atoms with E-state index >= 15 is 4.39 Å². The molecule has 2 aliphatic heterocycles. The molecule has 3 aromatic rings. The number of aromatic nitrogens is 2. The van der Waals surface area contributed by atoms with Gasteiger partial charge in [0.25, 0.3) is 0 Å². The van der Waals surface area contributed by atoms with Gasteiger partial charge in [-0.25, -0.2) is 9.37 Å². The molecular weight excluding hydrogens is 610 g/mol. The number of hydrogen-bond acceptors (Lipinski definition) is 5. The molecule has 0 bridgehead atoms. The van der Waals surface area contributed by atoms with Crippen molar-refractivity contribution in [2.75, 3.05) is 37.6 Å². The van der Waals surface area contributed by atoms with E-state index < -0.39 is 16.3 Å². The standard InChI is InChI=1S/C38H50FN5O2S/c1-5-36-40-19-22-44(36)38(30-9-7-10-31(39)23-30,34-11-8-12-35(34)41-37(45)6-2)29-17-20-42(21-18-29)24-28-25-43(26-28)32-13-15-33(16-14-32)47(46)27(3)4/h6-7,9-10,13-16,19,22-23,27-29,34-35H,2,5,8,11-12,17-18,20-21,24-26H2,1,3-4H3,(H,41,45). The molecule has 0 radical (unpaired) electrons. The zero-order valence-electron chi connectivity index (χ0n) is 28.1. The highest BCUT2D eigenvalue weighted by atomic mass is 32.2. The molecule has 6 rings (SSSR count). The van der Waals surface area contributed by atoms with Gasteiger partial charge in [-0.05, 0) is 92.7 Å². The Morgan fingerprint density at radius 1 is 1.13 bits per heavy atom. The van der Waals surface area contributed by atoms with Crippen molar-refractivity contribution in [3.8, 4) is 0 Å². The van der Waals surface area contributed by atoms with Crippen molar-refractivity contribution >= 4 is 22.4 Å². The molecule has 7 nitrogen and oxygen atoms in total. The number of rotatable bonds is 12. The number of benzene rings is 2. The summed E-state index contributed by atoms with van der Waals surface area (Å²) < 4.78 is 29.9. The molecule has 1 amide bonds. The third kappa shape index (κ3) is 6.71. The molecule has 1 aromatic heterocycles. The molecule has 1 aliphatic carbocycles. The first kappa shape index (κ1) is 33.6. The minimum atomic E-state index is -0.965. The molecule has 9 heteroatoms. The molecule has 1 N–H and O–H groups in total. The highest BCUT2D eigenvalue weighted by Crippen LogP contribution is 2.52. The summed E-state index contributed by atoms with van der Waals surface area (Å²) in [6, 6.07) is 15.4. The maximum absolute atomic E-state index is 15.1. The Labute approximate surface area is 282 Å². The largest absolute Gasteiger partial charge is 0.371 e. The lowest BCUT2D eigenvalue weighted by Crippen LogP contribution is -2.58. The molecule has 4 atom stereocenters. The van der Waals surface area contributed by atoms with Gasteiger partial charge in [0, 0.05) is 72.2 Å². The second-order valence-electron chi connectivity index (χ2n) is 13.9. The van der Waals surface area contributed by atoms with Crippen molar-refractivity contribution in [1.82, 2.24) is 19.8 Å². The molecule has 3 heterocycles. The number of amides is 1. The molecule has 1 saturated carbocycles. The highest BCUT2D eigenvalue weighted by molar-refractivity contribution is 7.85. The number of nitrogens with zero attached hydrogens (tertiary/aromatic N) is 4. The van der Waals surface area contributed by atoms with Crippen LogP contribution in [0, 0.1) is 23.6 Å². The van der Waals surface area contributed by atoms with Gasteiger partial charge in [-0.15, -0.1) is 0 Å². The summed E-state index contributed by atoms with van der Waals surface area (Å²) >= 11 is 0.